The number of hydrogen-bond donors (Lipinski definition) is 3. The smallest absolute Gasteiger partial charge is 0.239 e. The average molecular weight is 280 g/mol. The second kappa shape index (κ2) is 8.44. The van der Waals surface area contributed by atoms with Crippen LogP contribution < -0.4 is 16.2 Å². The van der Waals surface area contributed by atoms with Crippen molar-refractivity contribution in [2.75, 3.05) is 20.6 Å². The molecule has 0 saturated carbocycles. The van der Waals surface area contributed by atoms with E-state index in [-0.39, 0.29) is 5.91 Å². The van der Waals surface area contributed by atoms with E-state index >= 15 is 0 Å². The Morgan fingerprint density at radius 2 is 1.89 bits per heavy atom. The van der Waals surface area contributed by atoms with E-state index in [4.69, 9.17) is 12.2 Å². The van der Waals surface area contributed by atoms with Gasteiger partial charge in [0.05, 0.1) is 0 Å². The van der Waals surface area contributed by atoms with Gasteiger partial charge >= 0.3 is 0 Å². The lowest BCUT2D eigenvalue weighted by Crippen LogP contribution is -2.47. The summed E-state index contributed by atoms with van der Waals surface area (Å²) in [6, 6.07) is 9.91. The van der Waals surface area contributed by atoms with Gasteiger partial charge in [-0.2, -0.15) is 0 Å². The topological polar surface area (TPSA) is 56.4 Å². The quantitative estimate of drug-likeness (QED) is 0.546. The van der Waals surface area contributed by atoms with E-state index < -0.39 is 0 Å². The molecule has 0 atom stereocenters. The van der Waals surface area contributed by atoms with Crippen LogP contribution in [0.25, 0.3) is 0 Å². The van der Waals surface area contributed by atoms with Crippen molar-refractivity contribution in [1.82, 2.24) is 21.1 Å². The van der Waals surface area contributed by atoms with Gasteiger partial charge in [-0.25, -0.2) is 0 Å². The van der Waals surface area contributed by atoms with Gasteiger partial charge in [0.1, 0.15) is 0 Å². The minimum absolute atomic E-state index is 0.0856. The van der Waals surface area contributed by atoms with Gasteiger partial charge in [-0.3, -0.25) is 15.6 Å². The first-order valence-corrected chi connectivity index (χ1v) is 6.50. The van der Waals surface area contributed by atoms with Crippen LogP contribution in [-0.2, 0) is 11.3 Å². The summed E-state index contributed by atoms with van der Waals surface area (Å²) in [4.78, 5) is 13.4. The van der Waals surface area contributed by atoms with Gasteiger partial charge in [0.2, 0.25) is 5.91 Å². The molecular weight excluding hydrogens is 260 g/mol. The standard InChI is InChI=1S/C13H20N4OS/c1-17(2)9-8-12(18)15-16-13(19)14-10-11-6-4-3-5-7-11/h3-7H,8-10H2,1-2H3,(H,15,18)(H2,14,16,19). The highest BCUT2D eigenvalue weighted by atomic mass is 32.1. The molecular formula is C13H20N4OS. The summed E-state index contributed by atoms with van der Waals surface area (Å²) in [6.45, 7) is 1.33. The number of benzene rings is 1. The van der Waals surface area contributed by atoms with Gasteiger partial charge in [-0.05, 0) is 31.9 Å². The SMILES string of the molecule is CN(C)CCC(=O)NNC(=S)NCc1ccccc1. The van der Waals surface area contributed by atoms with Crippen molar-refractivity contribution >= 4 is 23.2 Å². The van der Waals surface area contributed by atoms with Crippen LogP contribution in [0.2, 0.25) is 0 Å². The van der Waals surface area contributed by atoms with Gasteiger partial charge in [0, 0.05) is 19.5 Å². The first-order chi connectivity index (χ1) is 9.08. The van der Waals surface area contributed by atoms with Crippen LogP contribution in [0, 0.1) is 0 Å². The first-order valence-electron chi connectivity index (χ1n) is 6.09. The van der Waals surface area contributed by atoms with E-state index in [1.807, 2.05) is 49.3 Å². The molecule has 0 heterocycles. The second-order valence-corrected chi connectivity index (χ2v) is 4.80. The normalized spacial score (nSPS) is 10.1. The molecule has 0 spiro atoms. The van der Waals surface area contributed by atoms with Crippen molar-refractivity contribution in [2.24, 2.45) is 0 Å². The molecule has 5 nitrogen and oxygen atoms in total. The summed E-state index contributed by atoms with van der Waals surface area (Å²) >= 11 is 5.06. The number of carbonyl (C=O) groups excluding carboxylic acids is 1. The van der Waals surface area contributed by atoms with Crippen LogP contribution in [-0.4, -0.2) is 36.6 Å². The van der Waals surface area contributed by atoms with E-state index in [0.717, 1.165) is 5.56 Å². The Morgan fingerprint density at radius 3 is 2.53 bits per heavy atom. The van der Waals surface area contributed by atoms with Gasteiger partial charge in [-0.15, -0.1) is 0 Å². The molecule has 0 bridgehead atoms. The van der Waals surface area contributed by atoms with Crippen LogP contribution in [0.15, 0.2) is 30.3 Å². The van der Waals surface area contributed by atoms with Crippen LogP contribution in [0.3, 0.4) is 0 Å². The Bertz CT molecular complexity index is 408. The number of nitrogens with zero attached hydrogens (tertiary/aromatic N) is 1. The maximum atomic E-state index is 11.4. The number of hydrogen-bond acceptors (Lipinski definition) is 3. The molecule has 0 radical (unpaired) electrons. The Hall–Kier alpha value is -1.66. The lowest BCUT2D eigenvalue weighted by atomic mass is 10.2. The third kappa shape index (κ3) is 7.38. The van der Waals surface area contributed by atoms with Gasteiger partial charge in [0.25, 0.3) is 0 Å². The predicted molar refractivity (Wildman–Crippen MR) is 80.3 cm³/mol. The Balaban J connectivity index is 2.16. The molecule has 0 aliphatic carbocycles. The molecule has 3 N–H and O–H groups in total. The Kier molecular flexibility index (Phi) is 6.84. The van der Waals surface area contributed by atoms with Crippen molar-refractivity contribution in [2.45, 2.75) is 13.0 Å². The fourth-order valence-corrected chi connectivity index (χ4v) is 1.46. The molecule has 0 unspecified atom stereocenters. The largest absolute Gasteiger partial charge is 0.357 e. The molecule has 0 fully saturated rings. The molecule has 0 aliphatic rings. The monoisotopic (exact) mass is 280 g/mol. The lowest BCUT2D eigenvalue weighted by molar-refractivity contribution is -0.121. The van der Waals surface area contributed by atoms with E-state index in [1.54, 1.807) is 0 Å². The van der Waals surface area contributed by atoms with Crippen molar-refractivity contribution in [1.29, 1.82) is 0 Å². The molecule has 6 heteroatoms. The van der Waals surface area contributed by atoms with E-state index in [2.05, 4.69) is 16.2 Å². The van der Waals surface area contributed by atoms with Crippen molar-refractivity contribution in [3.63, 3.8) is 0 Å². The van der Waals surface area contributed by atoms with Gasteiger partial charge < -0.3 is 10.2 Å². The lowest BCUT2D eigenvalue weighted by Gasteiger charge is -2.13. The number of thiocarbonyl (C=S) groups is 1. The summed E-state index contributed by atoms with van der Waals surface area (Å²) in [5.41, 5.74) is 6.36. The Morgan fingerprint density at radius 1 is 1.21 bits per heavy atom. The van der Waals surface area contributed by atoms with Gasteiger partial charge in [-0.1, -0.05) is 30.3 Å². The third-order valence-electron chi connectivity index (χ3n) is 2.40. The van der Waals surface area contributed by atoms with Crippen LogP contribution in [0.5, 0.6) is 0 Å². The second-order valence-electron chi connectivity index (χ2n) is 4.39. The zero-order chi connectivity index (χ0) is 14.1. The average Bonchev–Trinajstić information content (AvgIpc) is 2.41. The summed E-state index contributed by atoms with van der Waals surface area (Å²) < 4.78 is 0. The summed E-state index contributed by atoms with van der Waals surface area (Å²) in [6.07, 6.45) is 0.432. The zero-order valence-electron chi connectivity index (χ0n) is 11.3. The summed E-state index contributed by atoms with van der Waals surface area (Å²) in [5.74, 6) is -0.0856. The molecule has 0 aromatic heterocycles. The van der Waals surface area contributed by atoms with Crippen LogP contribution >= 0.6 is 12.2 Å². The highest BCUT2D eigenvalue weighted by molar-refractivity contribution is 7.80. The number of amides is 1. The number of nitrogens with one attached hydrogen (secondary N) is 3. The van der Waals surface area contributed by atoms with Crippen molar-refractivity contribution in [3.05, 3.63) is 35.9 Å². The zero-order valence-corrected chi connectivity index (χ0v) is 12.1. The molecule has 19 heavy (non-hydrogen) atoms. The molecule has 0 saturated heterocycles. The molecule has 104 valence electrons. The molecule has 1 amide bonds. The maximum Gasteiger partial charge on any atom is 0.239 e. The van der Waals surface area contributed by atoms with E-state index in [9.17, 15) is 4.79 Å². The molecule has 1 aromatic rings. The van der Waals surface area contributed by atoms with Crippen molar-refractivity contribution < 1.29 is 4.79 Å². The van der Waals surface area contributed by atoms with Crippen LogP contribution in [0.1, 0.15) is 12.0 Å². The Labute approximate surface area is 119 Å². The maximum absolute atomic E-state index is 11.4. The molecule has 0 aliphatic heterocycles. The highest BCUT2D eigenvalue weighted by Gasteiger charge is 2.02. The first kappa shape index (κ1) is 15.4. The van der Waals surface area contributed by atoms with E-state index in [1.165, 1.54) is 0 Å². The van der Waals surface area contributed by atoms with Gasteiger partial charge in [0.15, 0.2) is 5.11 Å². The minimum Gasteiger partial charge on any atom is -0.357 e. The fraction of sp³-hybridized carbons (Fsp3) is 0.385. The summed E-state index contributed by atoms with van der Waals surface area (Å²) in [5, 5.41) is 3.42. The number of rotatable bonds is 5. The number of hydrazine groups is 1. The predicted octanol–water partition coefficient (Wildman–Crippen LogP) is 0.634. The fourth-order valence-electron chi connectivity index (χ4n) is 1.34. The van der Waals surface area contributed by atoms with E-state index in [0.29, 0.717) is 24.6 Å². The minimum atomic E-state index is -0.0856. The molecule has 1 rings (SSSR count). The van der Waals surface area contributed by atoms with Crippen molar-refractivity contribution in [3.8, 4) is 0 Å². The third-order valence-corrected chi connectivity index (χ3v) is 2.64. The summed E-state index contributed by atoms with van der Waals surface area (Å²) in [7, 11) is 3.85. The highest BCUT2D eigenvalue weighted by Crippen LogP contribution is 1.96. The number of carbonyl (C=O) groups is 1. The van der Waals surface area contributed by atoms with Crippen LogP contribution in [0.4, 0.5) is 0 Å². The molecule has 1 aromatic carbocycles.